The Labute approximate surface area is 113 Å². The second-order valence-electron chi connectivity index (χ2n) is 4.89. The first-order chi connectivity index (χ1) is 8.61. The molecule has 3 nitrogen and oxygen atoms in total. The Kier molecular flexibility index (Phi) is 4.02. The van der Waals surface area contributed by atoms with Gasteiger partial charge < -0.3 is 4.90 Å². The molecule has 0 bridgehead atoms. The number of rotatable bonds is 4. The van der Waals surface area contributed by atoms with E-state index in [-0.39, 0.29) is 0 Å². The van der Waals surface area contributed by atoms with Gasteiger partial charge in [-0.25, -0.2) is 9.97 Å². The van der Waals surface area contributed by atoms with E-state index in [2.05, 4.69) is 41.8 Å². The third-order valence-corrected chi connectivity index (χ3v) is 2.99. The SMILES string of the molecule is CC(C)CN(C)c1nc(CCl)nc2ccccc12. The monoisotopic (exact) mass is 263 g/mol. The molecule has 1 heterocycles. The standard InChI is InChI=1S/C14H18ClN3/c1-10(2)9-18(3)14-11-6-4-5-7-12(11)16-13(8-15)17-14/h4-7,10H,8-9H2,1-3H3. The van der Waals surface area contributed by atoms with E-state index in [9.17, 15) is 0 Å². The molecule has 0 aliphatic rings. The molecule has 96 valence electrons. The quantitative estimate of drug-likeness (QED) is 0.791. The van der Waals surface area contributed by atoms with Crippen molar-refractivity contribution in [3.8, 4) is 0 Å². The highest BCUT2D eigenvalue weighted by Crippen LogP contribution is 2.23. The number of halogens is 1. The van der Waals surface area contributed by atoms with Crippen LogP contribution >= 0.6 is 11.6 Å². The van der Waals surface area contributed by atoms with E-state index in [0.717, 1.165) is 23.3 Å². The van der Waals surface area contributed by atoms with Crippen molar-refractivity contribution in [3.63, 3.8) is 0 Å². The van der Waals surface area contributed by atoms with Crippen LogP contribution in [0.25, 0.3) is 10.9 Å². The maximum absolute atomic E-state index is 5.87. The number of aromatic nitrogens is 2. The lowest BCUT2D eigenvalue weighted by atomic mass is 10.2. The third-order valence-electron chi connectivity index (χ3n) is 2.75. The second kappa shape index (κ2) is 5.53. The van der Waals surface area contributed by atoms with Crippen LogP contribution in [0.3, 0.4) is 0 Å². The van der Waals surface area contributed by atoms with E-state index < -0.39 is 0 Å². The first-order valence-corrected chi connectivity index (χ1v) is 6.68. The van der Waals surface area contributed by atoms with E-state index in [1.165, 1.54) is 0 Å². The van der Waals surface area contributed by atoms with E-state index in [0.29, 0.717) is 17.6 Å². The minimum Gasteiger partial charge on any atom is -0.359 e. The van der Waals surface area contributed by atoms with Gasteiger partial charge in [0.1, 0.15) is 11.6 Å². The van der Waals surface area contributed by atoms with Crippen molar-refractivity contribution in [1.29, 1.82) is 0 Å². The smallest absolute Gasteiger partial charge is 0.146 e. The molecule has 0 radical (unpaired) electrons. The summed E-state index contributed by atoms with van der Waals surface area (Å²) in [5.41, 5.74) is 0.953. The Balaban J connectivity index is 2.53. The minimum atomic E-state index is 0.341. The number of anilines is 1. The molecule has 0 fully saturated rings. The van der Waals surface area contributed by atoms with Crippen molar-refractivity contribution in [2.75, 3.05) is 18.5 Å². The Morgan fingerprint density at radius 3 is 2.61 bits per heavy atom. The molecule has 4 heteroatoms. The van der Waals surface area contributed by atoms with Crippen molar-refractivity contribution >= 4 is 28.3 Å². The summed E-state index contributed by atoms with van der Waals surface area (Å²) in [4.78, 5) is 11.2. The summed E-state index contributed by atoms with van der Waals surface area (Å²) in [6.07, 6.45) is 0. The Morgan fingerprint density at radius 1 is 1.22 bits per heavy atom. The lowest BCUT2D eigenvalue weighted by Crippen LogP contribution is -2.24. The Morgan fingerprint density at radius 2 is 1.94 bits per heavy atom. The zero-order valence-corrected chi connectivity index (χ0v) is 11.8. The van der Waals surface area contributed by atoms with Gasteiger partial charge in [-0.15, -0.1) is 11.6 Å². The van der Waals surface area contributed by atoms with Crippen LogP contribution in [0.5, 0.6) is 0 Å². The highest BCUT2D eigenvalue weighted by Gasteiger charge is 2.11. The van der Waals surface area contributed by atoms with Crippen LogP contribution < -0.4 is 4.90 Å². The number of benzene rings is 1. The van der Waals surface area contributed by atoms with Gasteiger partial charge in [0.25, 0.3) is 0 Å². The van der Waals surface area contributed by atoms with E-state index in [1.54, 1.807) is 0 Å². The van der Waals surface area contributed by atoms with Crippen LogP contribution in [-0.4, -0.2) is 23.6 Å². The summed E-state index contributed by atoms with van der Waals surface area (Å²) in [5.74, 6) is 2.57. The van der Waals surface area contributed by atoms with Crippen LogP contribution in [0.2, 0.25) is 0 Å². The average molecular weight is 264 g/mol. The predicted molar refractivity (Wildman–Crippen MR) is 77.2 cm³/mol. The number of nitrogens with zero attached hydrogens (tertiary/aromatic N) is 3. The molecule has 1 aromatic carbocycles. The summed E-state index contributed by atoms with van der Waals surface area (Å²) >= 11 is 5.87. The predicted octanol–water partition coefficient (Wildman–Crippen LogP) is 3.46. The molecule has 0 N–H and O–H groups in total. The molecule has 0 unspecified atom stereocenters. The number of fused-ring (bicyclic) bond motifs is 1. The minimum absolute atomic E-state index is 0.341. The first-order valence-electron chi connectivity index (χ1n) is 6.14. The van der Waals surface area contributed by atoms with Crippen LogP contribution in [-0.2, 0) is 5.88 Å². The second-order valence-corrected chi connectivity index (χ2v) is 5.16. The Bertz CT molecular complexity index is 540. The molecule has 0 saturated heterocycles. The van der Waals surface area contributed by atoms with Gasteiger partial charge in [0.15, 0.2) is 0 Å². The fourth-order valence-corrected chi connectivity index (χ4v) is 2.21. The molecule has 2 rings (SSSR count). The molecule has 0 spiro atoms. The van der Waals surface area contributed by atoms with Crippen LogP contribution in [0.4, 0.5) is 5.82 Å². The summed E-state index contributed by atoms with van der Waals surface area (Å²) in [7, 11) is 2.06. The van der Waals surface area contributed by atoms with Gasteiger partial charge in [0, 0.05) is 19.0 Å². The molecule has 0 saturated carbocycles. The van der Waals surface area contributed by atoms with Gasteiger partial charge >= 0.3 is 0 Å². The van der Waals surface area contributed by atoms with Gasteiger partial charge in [-0.2, -0.15) is 0 Å². The molecule has 0 aliphatic heterocycles. The molecule has 2 aromatic rings. The number of hydrogen-bond donors (Lipinski definition) is 0. The van der Waals surface area contributed by atoms with E-state index in [1.807, 2.05) is 18.2 Å². The number of alkyl halides is 1. The number of para-hydroxylation sites is 1. The first kappa shape index (κ1) is 13.1. The van der Waals surface area contributed by atoms with Crippen molar-refractivity contribution in [2.45, 2.75) is 19.7 Å². The largest absolute Gasteiger partial charge is 0.359 e. The van der Waals surface area contributed by atoms with E-state index in [4.69, 9.17) is 11.6 Å². The van der Waals surface area contributed by atoms with Crippen molar-refractivity contribution < 1.29 is 0 Å². The summed E-state index contributed by atoms with van der Waals surface area (Å²) in [6.45, 7) is 5.35. The maximum atomic E-state index is 5.87. The number of hydrogen-bond acceptors (Lipinski definition) is 3. The molecular weight excluding hydrogens is 246 g/mol. The summed E-state index contributed by atoms with van der Waals surface area (Å²) in [5, 5.41) is 1.08. The van der Waals surface area contributed by atoms with E-state index >= 15 is 0 Å². The maximum Gasteiger partial charge on any atom is 0.146 e. The fourth-order valence-electron chi connectivity index (χ4n) is 2.09. The van der Waals surface area contributed by atoms with Crippen molar-refractivity contribution in [3.05, 3.63) is 30.1 Å². The van der Waals surface area contributed by atoms with Crippen LogP contribution in [0, 0.1) is 5.92 Å². The molecule has 0 atom stereocenters. The van der Waals surface area contributed by atoms with Gasteiger partial charge in [0.05, 0.1) is 11.4 Å². The molecular formula is C14H18ClN3. The zero-order chi connectivity index (χ0) is 13.1. The normalized spacial score (nSPS) is 11.2. The van der Waals surface area contributed by atoms with Gasteiger partial charge in [-0.3, -0.25) is 0 Å². The summed E-state index contributed by atoms with van der Waals surface area (Å²) in [6, 6.07) is 8.05. The van der Waals surface area contributed by atoms with Crippen LogP contribution in [0.1, 0.15) is 19.7 Å². The molecule has 18 heavy (non-hydrogen) atoms. The third kappa shape index (κ3) is 2.72. The van der Waals surface area contributed by atoms with Crippen molar-refractivity contribution in [2.24, 2.45) is 5.92 Å². The summed E-state index contributed by atoms with van der Waals surface area (Å²) < 4.78 is 0. The zero-order valence-electron chi connectivity index (χ0n) is 11.0. The molecule has 0 aliphatic carbocycles. The van der Waals surface area contributed by atoms with Gasteiger partial charge in [0.2, 0.25) is 0 Å². The lowest BCUT2D eigenvalue weighted by molar-refractivity contribution is 0.635. The molecule has 1 aromatic heterocycles. The molecule has 0 amide bonds. The van der Waals surface area contributed by atoms with Crippen molar-refractivity contribution in [1.82, 2.24) is 9.97 Å². The van der Waals surface area contributed by atoms with Crippen LogP contribution in [0.15, 0.2) is 24.3 Å². The van der Waals surface area contributed by atoms with Gasteiger partial charge in [-0.1, -0.05) is 26.0 Å². The highest BCUT2D eigenvalue weighted by molar-refractivity contribution is 6.16. The van der Waals surface area contributed by atoms with Gasteiger partial charge in [-0.05, 0) is 18.1 Å². The topological polar surface area (TPSA) is 29.0 Å². The lowest BCUT2D eigenvalue weighted by Gasteiger charge is -2.22. The Hall–Kier alpha value is -1.35. The highest BCUT2D eigenvalue weighted by atomic mass is 35.5. The average Bonchev–Trinajstić information content (AvgIpc) is 2.36. The fraction of sp³-hybridized carbons (Fsp3) is 0.429.